The number of hydrogen-bond donors (Lipinski definition) is 11. The summed E-state index contributed by atoms with van der Waals surface area (Å²) in [5.41, 5.74) is -0.291. The Kier molecular flexibility index (Phi) is 37.8. The van der Waals surface area contributed by atoms with Gasteiger partial charge in [0, 0.05) is 50.1 Å². The average molecular weight is 2000 g/mol. The van der Waals surface area contributed by atoms with Crippen molar-refractivity contribution in [1.82, 2.24) is 73.2 Å². The molecule has 15 atom stereocenters. The molecule has 141 heavy (non-hydrogen) atoms. The monoisotopic (exact) mass is 2000 g/mol. The van der Waals surface area contributed by atoms with Crippen molar-refractivity contribution in [2.45, 2.75) is 303 Å². The molecule has 3 aliphatic heterocycles. The lowest BCUT2D eigenvalue weighted by Crippen LogP contribution is -2.62. The zero-order chi connectivity index (χ0) is 105. The maximum Gasteiger partial charge on any atom is 0.408 e. The Hall–Kier alpha value is -11.6. The zero-order valence-corrected chi connectivity index (χ0v) is 86.7. The molecule has 4 saturated carbocycles. The van der Waals surface area contributed by atoms with Gasteiger partial charge in [-0.2, -0.15) is 0 Å². The van der Waals surface area contributed by atoms with Crippen LogP contribution in [-0.2, 0) is 106 Å². The Bertz CT molecular complexity index is 5100. The second-order valence-electron chi connectivity index (χ2n) is 44.0. The van der Waals surface area contributed by atoms with Crippen molar-refractivity contribution in [1.29, 1.82) is 0 Å². The summed E-state index contributed by atoms with van der Waals surface area (Å²) < 4.78 is 15.3. The Balaban J connectivity index is 0.000000237. The summed E-state index contributed by atoms with van der Waals surface area (Å²) in [6.45, 7) is 46.1. The van der Waals surface area contributed by atoms with Gasteiger partial charge in [0.05, 0.1) is 18.6 Å². The van der Waals surface area contributed by atoms with E-state index in [9.17, 15) is 81.5 Å². The number of rotatable bonds is 38. The largest absolute Gasteiger partial charge is 0.453 e. The van der Waals surface area contributed by atoms with Crippen LogP contribution in [0.25, 0.3) is 0 Å². The first kappa shape index (κ1) is 113. The maximum absolute atomic E-state index is 14.4. The minimum absolute atomic E-state index is 0.0491. The maximum atomic E-state index is 14.4. The molecule has 34 nitrogen and oxygen atoms in total. The third-order valence-corrected chi connectivity index (χ3v) is 28.7. The highest BCUT2D eigenvalue weighted by molar-refractivity contribution is 6.51. The van der Waals surface area contributed by atoms with Crippen molar-refractivity contribution < 1.29 is 95.7 Å². The number of alkyl carbamates (subject to hydrolysis) is 2. The normalized spacial score (nSPS) is 22.2. The van der Waals surface area contributed by atoms with E-state index in [1.54, 1.807) is 100 Å². The number of alkyl halides is 2. The number of likely N-dealkylation sites (tertiary alicyclic amines) is 3. The number of esters is 1. The highest BCUT2D eigenvalue weighted by Gasteiger charge is 2.75. The number of amides is 14. The second kappa shape index (κ2) is 47.1. The van der Waals surface area contributed by atoms with E-state index in [2.05, 4.69) is 92.1 Å². The Labute approximate surface area is 838 Å². The predicted molar refractivity (Wildman–Crippen MR) is 532 cm³/mol. The quantitative estimate of drug-likeness (QED) is 0.00634. The smallest absolute Gasteiger partial charge is 0.408 e. The minimum atomic E-state index is -1.27. The third-order valence-electron chi connectivity index (χ3n) is 27.7. The van der Waals surface area contributed by atoms with Gasteiger partial charge in [-0.15, -0.1) is 42.9 Å². The average Bonchev–Trinajstić information content (AvgIpc) is 1.53. The number of urea groups is 1. The van der Waals surface area contributed by atoms with Crippen LogP contribution in [0.1, 0.15) is 224 Å². The van der Waals surface area contributed by atoms with Gasteiger partial charge in [-0.25, -0.2) is 14.4 Å². The number of ketones is 3. The summed E-state index contributed by atoms with van der Waals surface area (Å²) in [7, 11) is 0. The number of carbonyl (C=O) groups is 17. The lowest BCUT2D eigenvalue weighted by molar-refractivity contribution is -0.157. The highest BCUT2D eigenvalue weighted by atomic mass is 35.5. The van der Waals surface area contributed by atoms with Crippen molar-refractivity contribution in [2.24, 2.45) is 63.6 Å². The van der Waals surface area contributed by atoms with Crippen molar-refractivity contribution in [3.63, 3.8) is 0 Å². The van der Waals surface area contributed by atoms with Crippen LogP contribution < -0.4 is 58.5 Å². The topological polar surface area (TPSA) is 460 Å². The number of carbonyl (C=O) groups excluding carboxylic acids is 17. The molecular weight excluding hydrogens is 1850 g/mol. The zero-order valence-electron chi connectivity index (χ0n) is 85.2. The van der Waals surface area contributed by atoms with Gasteiger partial charge in [0.1, 0.15) is 70.0 Å². The van der Waals surface area contributed by atoms with Gasteiger partial charge in [-0.05, 0) is 208 Å². The fraction of sp³-hybridized carbons (Fsp3) is 0.610. The lowest BCUT2D eigenvalue weighted by atomic mass is 9.83. The summed E-state index contributed by atoms with van der Waals surface area (Å²) in [5.74, 6) is -11.1. The molecule has 0 radical (unpaired) electrons. The van der Waals surface area contributed by atoms with Crippen LogP contribution in [0.15, 0.2) is 123 Å². The number of hydrogen-bond acceptors (Lipinski definition) is 20. The number of nitrogens with zero attached hydrogens (tertiary/aromatic N) is 3. The molecular formula is C105H148Cl2N14O20. The highest BCUT2D eigenvalue weighted by Crippen LogP contribution is 2.67. The van der Waals surface area contributed by atoms with E-state index in [0.29, 0.717) is 45.2 Å². The van der Waals surface area contributed by atoms with Gasteiger partial charge >= 0.3 is 24.2 Å². The molecule has 11 rings (SSSR count). The van der Waals surface area contributed by atoms with Gasteiger partial charge in [-0.3, -0.25) is 67.1 Å². The van der Waals surface area contributed by atoms with E-state index >= 15 is 0 Å². The molecule has 772 valence electrons. The van der Waals surface area contributed by atoms with Gasteiger partial charge in [0.25, 0.3) is 17.7 Å². The van der Waals surface area contributed by atoms with E-state index in [4.69, 9.17) is 37.4 Å². The Morgan fingerprint density at radius 2 is 0.901 bits per heavy atom. The molecule has 0 aromatic heterocycles. The van der Waals surface area contributed by atoms with E-state index in [1.165, 1.54) is 15.9 Å². The van der Waals surface area contributed by atoms with E-state index < -0.39 is 200 Å². The standard InChI is InChI=1S/C38H54N4O8.C35H48N4O6.C32H46Cl2N6O6/c1-9-16-26(31(44)33(46)39-21-27(43)49-38(7,8)24-19-14-11-15-20-24)40-32(45)30-28-25(37(28,5)6)22-42(30)34(47)29(23-17-12-10-13-18-23)41-35(48)50-36(2,3)4;1-8-10-16-25(29(40)31(42)36-17-11-9-2)37-30(41)28-26-24(35(26,6)7)20-39(28)32(43)27(38-33(44)45-34(3,4)5)23-18-21-14-12-13-15-22(21)19-23;1-8-12-20(24(42)27(44)36-16-21(41)35-15-18-13-10-9-11-14-18)37-26(43)23-22-19(32(22,33)34)17-40(23)28(45)25(30(2,3)4)38-29(46)39-31(5,6)7/h9,11,14-15,19-20,23,25-26,28-30H,1,10,12-13,16-18,21-22H2,2-8H3,(H,39,46)(H,40,45)(H,41,48);8-9,12-15,23-28H,1-2,10-11,16-20H2,3-7H3,(H,36,42)(H,37,41)(H,38,44);9-11,13-14,19-20,22-23,25H,8,12,15-17H2,1-7H3,(H,35,41)(H,36,44)(H,37,43)(H2,38,39,46)/t25-,26?,28-,29-,30-;24-,25?,26-,27-,28-;19-,20?,22-,23-,25+/m000/s1. The van der Waals surface area contributed by atoms with Gasteiger partial charge in [0.2, 0.25) is 58.7 Å². The van der Waals surface area contributed by atoms with E-state index in [1.807, 2.05) is 120 Å². The number of piperidine rings is 3. The first-order valence-electron chi connectivity index (χ1n) is 49.1. The number of ether oxygens (including phenoxy) is 3. The van der Waals surface area contributed by atoms with Crippen LogP contribution in [0, 0.1) is 63.6 Å². The summed E-state index contributed by atoms with van der Waals surface area (Å²) in [6, 6.07) is 16.5. The Morgan fingerprint density at radius 1 is 0.468 bits per heavy atom. The number of benzene rings is 3. The SMILES string of the molecule is C=CCC(NC(=O)[C@@H]1[C@@H]2[C@H](CN1C(=O)[C@@H](NC(=O)OC(C)(C)C)C1CCCCC1)C2(C)C)C(=O)C(=O)NCC(=O)OC(C)(C)c1ccccc1.C=CCCNC(=O)C(=O)C(CCC=C)NC(=O)[C@@H]1[C@@H]2[C@H](CN1C(=O)[C@@H](NC(=O)OC(C)(C)C)C1Cc3ccccc3C1)C2(C)C.CCCC(NC(=O)[C@@H]1[C@@H]2[C@H](CN1C(=O)[C@@H](NC(=O)NC(C)(C)C)C(C)(C)C)C2(Cl)Cl)C(=O)C(=O)NCC(=O)NCc1ccccc1. The second-order valence-corrected chi connectivity index (χ2v) is 45.5. The molecule has 8 aliphatic rings. The fourth-order valence-corrected chi connectivity index (χ4v) is 20.9. The molecule has 36 heteroatoms. The summed E-state index contributed by atoms with van der Waals surface area (Å²) in [4.78, 5) is 231. The van der Waals surface area contributed by atoms with Gasteiger partial charge < -0.3 is 87.4 Å². The molecule has 3 unspecified atom stereocenters. The molecule has 5 aliphatic carbocycles. The number of nitrogens with one attached hydrogen (secondary N) is 11. The molecule has 11 N–H and O–H groups in total. The van der Waals surface area contributed by atoms with Gasteiger partial charge in [-0.1, -0.05) is 184 Å². The molecule has 0 bridgehead atoms. The number of fused-ring (bicyclic) bond motifs is 4. The first-order valence-corrected chi connectivity index (χ1v) is 49.8. The third kappa shape index (κ3) is 29.6. The first-order chi connectivity index (χ1) is 65.8. The summed E-state index contributed by atoms with van der Waals surface area (Å²) in [5, 5.41) is 29.3. The van der Waals surface area contributed by atoms with Crippen molar-refractivity contribution in [3.8, 4) is 0 Å². The molecule has 7 fully saturated rings. The fourth-order valence-electron chi connectivity index (χ4n) is 20.1. The number of Topliss-reactive ketones (excluding diaryl/α,β-unsaturated/α-hetero) is 3. The molecule has 3 aromatic rings. The number of allylic oxidation sites excluding steroid dienone is 1. The summed E-state index contributed by atoms with van der Waals surface area (Å²) >= 11 is 13.0. The van der Waals surface area contributed by atoms with E-state index in [0.717, 1.165) is 54.4 Å². The van der Waals surface area contributed by atoms with Crippen LogP contribution in [0.5, 0.6) is 0 Å². The molecule has 14 amide bonds. The van der Waals surface area contributed by atoms with Crippen LogP contribution in [0.2, 0.25) is 0 Å². The van der Waals surface area contributed by atoms with Crippen LogP contribution >= 0.6 is 23.2 Å². The van der Waals surface area contributed by atoms with E-state index in [-0.39, 0.29) is 97.0 Å². The van der Waals surface area contributed by atoms with Crippen LogP contribution in [0.3, 0.4) is 0 Å². The molecule has 0 spiro atoms. The summed E-state index contributed by atoms with van der Waals surface area (Å²) in [6.07, 6.45) is 10.6. The van der Waals surface area contributed by atoms with Crippen LogP contribution in [0.4, 0.5) is 14.4 Å². The molecule has 3 heterocycles. The van der Waals surface area contributed by atoms with Crippen molar-refractivity contribution >= 4 is 124 Å². The minimum Gasteiger partial charge on any atom is -0.453 e. The van der Waals surface area contributed by atoms with Crippen LogP contribution in [-0.4, -0.2) is 230 Å². The number of halogens is 2. The van der Waals surface area contributed by atoms with Gasteiger partial charge in [0.15, 0.2) is 0 Å². The predicted octanol–water partition coefficient (Wildman–Crippen LogP) is 10.1. The van der Waals surface area contributed by atoms with Crippen molar-refractivity contribution in [2.75, 3.05) is 39.3 Å². The molecule has 3 saturated heterocycles. The Morgan fingerprint density at radius 3 is 1.37 bits per heavy atom. The molecule has 3 aromatic carbocycles. The lowest BCUT2D eigenvalue weighted by Gasteiger charge is -2.38. The van der Waals surface area contributed by atoms with Crippen molar-refractivity contribution in [3.05, 3.63) is 145 Å².